The maximum Gasteiger partial charge on any atom is 0.0948 e. The second-order valence-electron chi connectivity index (χ2n) is 3.54. The molecule has 4 heteroatoms. The van der Waals surface area contributed by atoms with E-state index in [1.165, 1.54) is 5.69 Å². The molecule has 0 aromatic carbocycles. The van der Waals surface area contributed by atoms with Crippen LogP contribution in [0.5, 0.6) is 0 Å². The number of ether oxygens (including phenoxy) is 1. The Labute approximate surface area is 85.1 Å². The molecule has 14 heavy (non-hydrogen) atoms. The molecule has 80 valence electrons. The summed E-state index contributed by atoms with van der Waals surface area (Å²) in [5.41, 5.74) is 6.67. The molecule has 0 fully saturated rings. The maximum absolute atomic E-state index is 5.49. The molecule has 2 N–H and O–H groups in total. The van der Waals surface area contributed by atoms with Crippen molar-refractivity contribution >= 4 is 0 Å². The van der Waals surface area contributed by atoms with Gasteiger partial charge in [0.05, 0.1) is 19.0 Å². The van der Waals surface area contributed by atoms with Crippen molar-refractivity contribution in [1.82, 2.24) is 9.55 Å². The van der Waals surface area contributed by atoms with Gasteiger partial charge in [0.2, 0.25) is 0 Å². The minimum absolute atomic E-state index is 0.288. The van der Waals surface area contributed by atoms with Gasteiger partial charge in [-0.05, 0) is 20.4 Å². The van der Waals surface area contributed by atoms with Crippen LogP contribution < -0.4 is 5.73 Å². The summed E-state index contributed by atoms with van der Waals surface area (Å²) in [6.45, 7) is 6.32. The fourth-order valence-corrected chi connectivity index (χ4v) is 1.29. The van der Waals surface area contributed by atoms with Gasteiger partial charge >= 0.3 is 0 Å². The monoisotopic (exact) mass is 197 g/mol. The van der Waals surface area contributed by atoms with Crippen LogP contribution in [-0.2, 0) is 17.7 Å². The Morgan fingerprint density at radius 3 is 3.00 bits per heavy atom. The van der Waals surface area contributed by atoms with E-state index < -0.39 is 0 Å². The zero-order valence-electron chi connectivity index (χ0n) is 8.94. The molecule has 1 heterocycles. The fourth-order valence-electron chi connectivity index (χ4n) is 1.29. The number of rotatable bonds is 6. The van der Waals surface area contributed by atoms with Gasteiger partial charge in [-0.1, -0.05) is 0 Å². The zero-order valence-corrected chi connectivity index (χ0v) is 8.94. The highest BCUT2D eigenvalue weighted by molar-refractivity contribution is 4.98. The molecule has 1 aromatic rings. The summed E-state index contributed by atoms with van der Waals surface area (Å²) < 4.78 is 7.56. The molecule has 0 unspecified atom stereocenters. The topological polar surface area (TPSA) is 53.1 Å². The highest BCUT2D eigenvalue weighted by Gasteiger charge is 2.01. The Morgan fingerprint density at radius 1 is 1.57 bits per heavy atom. The molecule has 0 atom stereocenters. The number of hydrogen-bond donors (Lipinski definition) is 1. The fraction of sp³-hybridized carbons (Fsp3) is 0.700. The third-order valence-electron chi connectivity index (χ3n) is 1.98. The van der Waals surface area contributed by atoms with Crippen LogP contribution >= 0.6 is 0 Å². The van der Waals surface area contributed by atoms with Crippen molar-refractivity contribution in [1.29, 1.82) is 0 Å². The van der Waals surface area contributed by atoms with Crippen LogP contribution in [0.1, 0.15) is 19.5 Å². The summed E-state index contributed by atoms with van der Waals surface area (Å²) in [6.07, 6.45) is 4.86. The van der Waals surface area contributed by atoms with Gasteiger partial charge in [0.15, 0.2) is 0 Å². The van der Waals surface area contributed by atoms with Crippen LogP contribution in [0.3, 0.4) is 0 Å². The molecule has 0 aliphatic heterocycles. The first kappa shape index (κ1) is 11.2. The van der Waals surface area contributed by atoms with Crippen molar-refractivity contribution in [2.45, 2.75) is 32.9 Å². The van der Waals surface area contributed by atoms with Crippen LogP contribution in [0.2, 0.25) is 0 Å². The first-order chi connectivity index (χ1) is 6.74. The quantitative estimate of drug-likeness (QED) is 0.734. The molecule has 0 aliphatic rings. The molecule has 0 saturated carbocycles. The van der Waals surface area contributed by atoms with Gasteiger partial charge in [0.1, 0.15) is 0 Å². The SMILES string of the molecule is CC(C)OCCn1cncc1CCN. The van der Waals surface area contributed by atoms with E-state index in [2.05, 4.69) is 9.55 Å². The average Bonchev–Trinajstić information content (AvgIpc) is 2.53. The Bertz CT molecular complexity index is 258. The number of nitrogens with zero attached hydrogens (tertiary/aromatic N) is 2. The molecule has 0 amide bonds. The van der Waals surface area contributed by atoms with Gasteiger partial charge in [-0.2, -0.15) is 0 Å². The Hall–Kier alpha value is -0.870. The third kappa shape index (κ3) is 3.47. The zero-order chi connectivity index (χ0) is 10.4. The van der Waals surface area contributed by atoms with E-state index in [0.717, 1.165) is 19.6 Å². The van der Waals surface area contributed by atoms with Crippen molar-refractivity contribution in [2.24, 2.45) is 5.73 Å². The van der Waals surface area contributed by atoms with Gasteiger partial charge in [-0.25, -0.2) is 4.98 Å². The minimum Gasteiger partial charge on any atom is -0.377 e. The lowest BCUT2D eigenvalue weighted by atomic mass is 10.3. The van der Waals surface area contributed by atoms with Crippen LogP contribution in [0.25, 0.3) is 0 Å². The summed E-state index contributed by atoms with van der Waals surface area (Å²) in [7, 11) is 0. The molecule has 0 radical (unpaired) electrons. The maximum atomic E-state index is 5.49. The smallest absolute Gasteiger partial charge is 0.0948 e. The largest absolute Gasteiger partial charge is 0.377 e. The van der Waals surface area contributed by atoms with E-state index in [4.69, 9.17) is 10.5 Å². The highest BCUT2D eigenvalue weighted by atomic mass is 16.5. The Morgan fingerprint density at radius 2 is 2.36 bits per heavy atom. The molecule has 1 aromatic heterocycles. The molecule has 4 nitrogen and oxygen atoms in total. The summed E-state index contributed by atoms with van der Waals surface area (Å²) in [5, 5.41) is 0. The Kier molecular flexibility index (Phi) is 4.62. The summed E-state index contributed by atoms with van der Waals surface area (Å²) in [5.74, 6) is 0. The number of aromatic nitrogens is 2. The number of hydrogen-bond acceptors (Lipinski definition) is 3. The van der Waals surface area contributed by atoms with Crippen molar-refractivity contribution in [3.05, 3.63) is 18.2 Å². The third-order valence-corrected chi connectivity index (χ3v) is 1.98. The van der Waals surface area contributed by atoms with Gasteiger partial charge in [-0.15, -0.1) is 0 Å². The number of imidazole rings is 1. The van der Waals surface area contributed by atoms with E-state index in [1.54, 1.807) is 0 Å². The molecular weight excluding hydrogens is 178 g/mol. The summed E-state index contributed by atoms with van der Waals surface area (Å²) >= 11 is 0. The predicted octanol–water partition coefficient (Wildman–Crippen LogP) is 0.809. The average molecular weight is 197 g/mol. The molecule has 0 aliphatic carbocycles. The van der Waals surface area contributed by atoms with Crippen LogP contribution in [0.15, 0.2) is 12.5 Å². The van der Waals surface area contributed by atoms with E-state index in [9.17, 15) is 0 Å². The number of nitrogens with two attached hydrogens (primary N) is 1. The van der Waals surface area contributed by atoms with Gasteiger partial charge in [0.25, 0.3) is 0 Å². The van der Waals surface area contributed by atoms with E-state index in [-0.39, 0.29) is 6.10 Å². The second kappa shape index (κ2) is 5.78. The summed E-state index contributed by atoms with van der Waals surface area (Å²) in [4.78, 5) is 4.09. The normalized spacial score (nSPS) is 11.1. The highest BCUT2D eigenvalue weighted by Crippen LogP contribution is 2.00. The van der Waals surface area contributed by atoms with Crippen LogP contribution in [0.4, 0.5) is 0 Å². The van der Waals surface area contributed by atoms with Crippen molar-refractivity contribution in [3.8, 4) is 0 Å². The molecule has 1 rings (SSSR count). The van der Waals surface area contributed by atoms with E-state index >= 15 is 0 Å². The first-order valence-corrected chi connectivity index (χ1v) is 5.04. The van der Waals surface area contributed by atoms with Crippen LogP contribution in [0, 0.1) is 0 Å². The van der Waals surface area contributed by atoms with Crippen molar-refractivity contribution < 1.29 is 4.74 Å². The molecule has 0 saturated heterocycles. The molecule has 0 bridgehead atoms. The molecular formula is C10H19N3O. The lowest BCUT2D eigenvalue weighted by Crippen LogP contribution is -2.13. The lowest BCUT2D eigenvalue weighted by molar-refractivity contribution is 0.0723. The van der Waals surface area contributed by atoms with Crippen molar-refractivity contribution in [3.63, 3.8) is 0 Å². The van der Waals surface area contributed by atoms with E-state index in [1.807, 2.05) is 26.4 Å². The first-order valence-electron chi connectivity index (χ1n) is 5.04. The molecule has 0 spiro atoms. The van der Waals surface area contributed by atoms with E-state index in [0.29, 0.717) is 6.54 Å². The predicted molar refractivity (Wildman–Crippen MR) is 56.1 cm³/mol. The van der Waals surface area contributed by atoms with Gasteiger partial charge in [-0.3, -0.25) is 0 Å². The summed E-state index contributed by atoms with van der Waals surface area (Å²) in [6, 6.07) is 0. The standard InChI is InChI=1S/C10H19N3O/c1-9(2)14-6-5-13-8-12-7-10(13)3-4-11/h7-9H,3-6,11H2,1-2H3. The van der Waals surface area contributed by atoms with Crippen molar-refractivity contribution in [2.75, 3.05) is 13.2 Å². The van der Waals surface area contributed by atoms with Crippen LogP contribution in [-0.4, -0.2) is 28.8 Å². The lowest BCUT2D eigenvalue weighted by Gasteiger charge is -2.10. The Balaban J connectivity index is 2.37. The minimum atomic E-state index is 0.288. The van der Waals surface area contributed by atoms with Gasteiger partial charge in [0, 0.05) is 24.9 Å². The second-order valence-corrected chi connectivity index (χ2v) is 3.54. The van der Waals surface area contributed by atoms with Gasteiger partial charge < -0.3 is 15.0 Å².